The fraction of sp³-hybridized carbons (Fsp3) is 0.333. The molecule has 0 saturated heterocycles. The molecule has 0 aliphatic carbocycles. The van der Waals surface area contributed by atoms with Gasteiger partial charge in [0.25, 0.3) is 0 Å². The highest BCUT2D eigenvalue weighted by Gasteiger charge is 2.14. The molecule has 1 N–H and O–H groups in total. The van der Waals surface area contributed by atoms with Gasteiger partial charge in [-0.1, -0.05) is 57.2 Å². The summed E-state index contributed by atoms with van der Waals surface area (Å²) in [6.45, 7) is 6.53. The van der Waals surface area contributed by atoms with Crippen molar-refractivity contribution in [2.45, 2.75) is 38.7 Å². The van der Waals surface area contributed by atoms with Crippen LogP contribution in [0.25, 0.3) is 0 Å². The Labute approximate surface area is 120 Å². The Kier molecular flexibility index (Phi) is 4.24. The van der Waals surface area contributed by atoms with Crippen molar-refractivity contribution >= 4 is 0 Å². The smallest absolute Gasteiger partial charge is 0.123 e. The molecule has 2 rings (SSSR count). The maximum absolute atomic E-state index is 12.9. The Bertz CT molecular complexity index is 549. The van der Waals surface area contributed by atoms with E-state index in [9.17, 15) is 9.50 Å². The minimum atomic E-state index is -0.601. The van der Waals surface area contributed by atoms with E-state index in [1.54, 1.807) is 12.1 Å². The number of hydrogen-bond acceptors (Lipinski definition) is 1. The van der Waals surface area contributed by atoms with Gasteiger partial charge in [0.15, 0.2) is 0 Å². The molecule has 0 spiro atoms. The lowest BCUT2D eigenvalue weighted by molar-refractivity contribution is 0.178. The summed E-state index contributed by atoms with van der Waals surface area (Å²) >= 11 is 0. The van der Waals surface area contributed by atoms with E-state index >= 15 is 0 Å². The lowest BCUT2D eigenvalue weighted by atomic mass is 9.86. The van der Waals surface area contributed by atoms with Crippen molar-refractivity contribution in [2.24, 2.45) is 0 Å². The zero-order chi connectivity index (χ0) is 14.8. The Morgan fingerprint density at radius 3 is 2.00 bits per heavy atom. The van der Waals surface area contributed by atoms with E-state index in [1.807, 2.05) is 12.1 Å². The van der Waals surface area contributed by atoms with Crippen LogP contribution in [0.2, 0.25) is 0 Å². The van der Waals surface area contributed by atoms with Gasteiger partial charge in [-0.05, 0) is 34.2 Å². The summed E-state index contributed by atoms with van der Waals surface area (Å²) in [4.78, 5) is 0. The molecule has 1 atom stereocenters. The van der Waals surface area contributed by atoms with Gasteiger partial charge in [0.1, 0.15) is 5.82 Å². The summed E-state index contributed by atoms with van der Waals surface area (Å²) in [5.74, 6) is -0.282. The minimum Gasteiger partial charge on any atom is -0.388 e. The third-order valence-electron chi connectivity index (χ3n) is 3.50. The monoisotopic (exact) mass is 272 g/mol. The van der Waals surface area contributed by atoms with Gasteiger partial charge in [0.05, 0.1) is 6.10 Å². The number of aliphatic hydroxyl groups is 1. The molecule has 0 aliphatic heterocycles. The molecule has 2 aromatic rings. The van der Waals surface area contributed by atoms with E-state index in [1.165, 1.54) is 17.7 Å². The van der Waals surface area contributed by atoms with Crippen LogP contribution in [0.1, 0.15) is 43.6 Å². The van der Waals surface area contributed by atoms with Crippen molar-refractivity contribution in [1.82, 2.24) is 0 Å². The first kappa shape index (κ1) is 14.7. The first-order chi connectivity index (χ1) is 9.36. The number of benzene rings is 2. The second-order valence-electron chi connectivity index (χ2n) is 6.22. The number of halogens is 1. The van der Waals surface area contributed by atoms with Gasteiger partial charge in [-0.15, -0.1) is 0 Å². The lowest BCUT2D eigenvalue weighted by Gasteiger charge is -2.19. The van der Waals surface area contributed by atoms with Crippen LogP contribution >= 0.6 is 0 Å². The molecule has 0 bridgehead atoms. The molecule has 2 aromatic carbocycles. The van der Waals surface area contributed by atoms with Gasteiger partial charge < -0.3 is 5.11 Å². The van der Waals surface area contributed by atoms with E-state index in [0.717, 1.165) is 11.1 Å². The molecule has 0 radical (unpaired) electrons. The summed E-state index contributed by atoms with van der Waals surface area (Å²) in [5.41, 5.74) is 3.23. The maximum atomic E-state index is 12.9. The fourth-order valence-electron chi connectivity index (χ4n) is 2.17. The van der Waals surface area contributed by atoms with Gasteiger partial charge in [-0.2, -0.15) is 0 Å². The van der Waals surface area contributed by atoms with Gasteiger partial charge in [0, 0.05) is 6.42 Å². The zero-order valence-corrected chi connectivity index (χ0v) is 12.2. The first-order valence-corrected chi connectivity index (χ1v) is 6.89. The van der Waals surface area contributed by atoms with Crippen molar-refractivity contribution in [3.63, 3.8) is 0 Å². The number of aliphatic hydroxyl groups excluding tert-OH is 1. The van der Waals surface area contributed by atoms with Crippen LogP contribution in [0.3, 0.4) is 0 Å². The molecule has 20 heavy (non-hydrogen) atoms. The van der Waals surface area contributed by atoms with Crippen LogP contribution in [0.15, 0.2) is 48.5 Å². The molecule has 0 aromatic heterocycles. The van der Waals surface area contributed by atoms with E-state index in [4.69, 9.17) is 0 Å². The van der Waals surface area contributed by atoms with Crippen molar-refractivity contribution in [1.29, 1.82) is 0 Å². The second kappa shape index (κ2) is 5.76. The highest BCUT2D eigenvalue weighted by atomic mass is 19.1. The molecule has 0 aliphatic rings. The van der Waals surface area contributed by atoms with Crippen molar-refractivity contribution < 1.29 is 9.50 Å². The van der Waals surface area contributed by atoms with Crippen molar-refractivity contribution in [3.05, 3.63) is 71.0 Å². The van der Waals surface area contributed by atoms with E-state index in [2.05, 4.69) is 32.9 Å². The highest BCUT2D eigenvalue weighted by molar-refractivity contribution is 5.29. The second-order valence-corrected chi connectivity index (χ2v) is 6.22. The largest absolute Gasteiger partial charge is 0.388 e. The van der Waals surface area contributed by atoms with E-state index in [-0.39, 0.29) is 11.2 Å². The summed E-state index contributed by atoms with van der Waals surface area (Å²) in [5, 5.41) is 10.2. The predicted molar refractivity (Wildman–Crippen MR) is 80.2 cm³/mol. The molecule has 0 heterocycles. The zero-order valence-electron chi connectivity index (χ0n) is 12.2. The van der Waals surface area contributed by atoms with E-state index < -0.39 is 6.10 Å². The van der Waals surface area contributed by atoms with Gasteiger partial charge >= 0.3 is 0 Å². The molecule has 106 valence electrons. The van der Waals surface area contributed by atoms with Crippen molar-refractivity contribution in [2.75, 3.05) is 0 Å². The van der Waals surface area contributed by atoms with Crippen LogP contribution in [0, 0.1) is 5.82 Å². The van der Waals surface area contributed by atoms with Gasteiger partial charge in [-0.25, -0.2) is 4.39 Å². The average Bonchev–Trinajstić information content (AvgIpc) is 2.39. The Morgan fingerprint density at radius 2 is 1.50 bits per heavy atom. The normalized spacial score (nSPS) is 13.2. The SMILES string of the molecule is CC(C)(C)c1ccc(CC(O)c2ccc(F)cc2)cc1. The molecular weight excluding hydrogens is 251 g/mol. The summed E-state index contributed by atoms with van der Waals surface area (Å²) in [6, 6.07) is 14.3. The maximum Gasteiger partial charge on any atom is 0.123 e. The standard InChI is InChI=1S/C18H21FO/c1-18(2,3)15-8-4-13(5-9-15)12-17(20)14-6-10-16(19)11-7-14/h4-11,17,20H,12H2,1-3H3. The summed E-state index contributed by atoms with van der Waals surface area (Å²) in [6.07, 6.45) is -0.0631. The minimum absolute atomic E-state index is 0.133. The topological polar surface area (TPSA) is 20.2 Å². The molecule has 0 saturated carbocycles. The quantitative estimate of drug-likeness (QED) is 0.878. The number of rotatable bonds is 3. The Hall–Kier alpha value is -1.67. The van der Waals surface area contributed by atoms with Crippen LogP contribution in [-0.2, 0) is 11.8 Å². The molecule has 1 nitrogen and oxygen atoms in total. The Morgan fingerprint density at radius 1 is 0.950 bits per heavy atom. The lowest BCUT2D eigenvalue weighted by Crippen LogP contribution is -2.11. The first-order valence-electron chi connectivity index (χ1n) is 6.89. The van der Waals surface area contributed by atoms with Gasteiger partial charge in [-0.3, -0.25) is 0 Å². The van der Waals surface area contributed by atoms with Crippen LogP contribution in [0.5, 0.6) is 0 Å². The number of hydrogen-bond donors (Lipinski definition) is 1. The molecular formula is C18H21FO. The van der Waals surface area contributed by atoms with Crippen LogP contribution in [0.4, 0.5) is 4.39 Å². The fourth-order valence-corrected chi connectivity index (χ4v) is 2.17. The van der Waals surface area contributed by atoms with E-state index in [0.29, 0.717) is 6.42 Å². The Balaban J connectivity index is 2.08. The average molecular weight is 272 g/mol. The van der Waals surface area contributed by atoms with Gasteiger partial charge in [0.2, 0.25) is 0 Å². The van der Waals surface area contributed by atoms with Crippen molar-refractivity contribution in [3.8, 4) is 0 Å². The molecule has 0 fully saturated rings. The highest BCUT2D eigenvalue weighted by Crippen LogP contribution is 2.24. The third-order valence-corrected chi connectivity index (χ3v) is 3.50. The predicted octanol–water partition coefficient (Wildman–Crippen LogP) is 4.40. The van der Waals surface area contributed by atoms with Crippen LogP contribution < -0.4 is 0 Å². The summed E-state index contributed by atoms with van der Waals surface area (Å²) < 4.78 is 12.9. The van der Waals surface area contributed by atoms with Crippen LogP contribution in [-0.4, -0.2) is 5.11 Å². The molecule has 1 unspecified atom stereocenters. The third kappa shape index (κ3) is 3.67. The summed E-state index contributed by atoms with van der Waals surface area (Å²) in [7, 11) is 0. The molecule has 0 amide bonds. The molecule has 2 heteroatoms.